The molecule has 1 aliphatic rings. The van der Waals surface area contributed by atoms with E-state index in [9.17, 15) is 4.79 Å². The van der Waals surface area contributed by atoms with Gasteiger partial charge in [0.25, 0.3) is 0 Å². The van der Waals surface area contributed by atoms with Crippen molar-refractivity contribution in [3.63, 3.8) is 0 Å². The van der Waals surface area contributed by atoms with Crippen molar-refractivity contribution in [2.24, 2.45) is 5.92 Å². The molecule has 1 N–H and O–H groups in total. The third kappa shape index (κ3) is 3.48. The van der Waals surface area contributed by atoms with Crippen molar-refractivity contribution in [1.29, 1.82) is 0 Å². The van der Waals surface area contributed by atoms with Crippen LogP contribution in [-0.2, 0) is 11.2 Å². The molecule has 1 fully saturated rings. The average Bonchev–Trinajstić information content (AvgIpc) is 3.26. The quantitative estimate of drug-likeness (QED) is 0.887. The minimum absolute atomic E-state index is 0.0246. The Hall–Kier alpha value is -2.17. The van der Waals surface area contributed by atoms with E-state index in [0.29, 0.717) is 18.4 Å². The van der Waals surface area contributed by atoms with Crippen LogP contribution in [-0.4, -0.2) is 20.7 Å². The van der Waals surface area contributed by atoms with Gasteiger partial charge in [-0.15, -0.1) is 0 Å². The van der Waals surface area contributed by atoms with Crippen molar-refractivity contribution in [1.82, 2.24) is 14.8 Å². The minimum atomic E-state index is 0.0246. The molecule has 1 amide bonds. The molecule has 21 heavy (non-hydrogen) atoms. The Morgan fingerprint density at radius 2 is 2.10 bits per heavy atom. The maximum absolute atomic E-state index is 12.1. The zero-order chi connectivity index (χ0) is 14.7. The third-order valence-electron chi connectivity index (χ3n) is 4.02. The van der Waals surface area contributed by atoms with Gasteiger partial charge < -0.3 is 5.32 Å². The topological polar surface area (TPSA) is 59.8 Å². The van der Waals surface area contributed by atoms with Crippen LogP contribution in [0.2, 0.25) is 0 Å². The first kappa shape index (κ1) is 13.8. The smallest absolute Gasteiger partial charge is 0.225 e. The SMILES string of the molecule is CC(C1CC1)n1nccc1NC(=O)CCc1ccncc1. The number of pyridine rings is 1. The fraction of sp³-hybridized carbons (Fsp3) is 0.438. The Morgan fingerprint density at radius 1 is 1.33 bits per heavy atom. The Bertz CT molecular complexity index is 604. The van der Waals surface area contributed by atoms with Gasteiger partial charge >= 0.3 is 0 Å². The van der Waals surface area contributed by atoms with Gasteiger partial charge in [-0.3, -0.25) is 9.78 Å². The molecule has 0 aliphatic heterocycles. The molecule has 0 spiro atoms. The number of carbonyl (C=O) groups excluding carboxylic acids is 1. The van der Waals surface area contributed by atoms with E-state index in [2.05, 4.69) is 22.3 Å². The van der Waals surface area contributed by atoms with Crippen LogP contribution in [0.25, 0.3) is 0 Å². The van der Waals surface area contributed by atoms with Crippen molar-refractivity contribution in [2.45, 2.75) is 38.6 Å². The van der Waals surface area contributed by atoms with Crippen LogP contribution in [0.5, 0.6) is 0 Å². The van der Waals surface area contributed by atoms with E-state index in [1.54, 1.807) is 18.6 Å². The van der Waals surface area contributed by atoms with Gasteiger partial charge in [-0.05, 0) is 49.8 Å². The molecule has 5 nitrogen and oxygen atoms in total. The van der Waals surface area contributed by atoms with E-state index in [1.807, 2.05) is 22.9 Å². The van der Waals surface area contributed by atoms with Gasteiger partial charge in [0.05, 0.1) is 12.2 Å². The molecule has 0 saturated heterocycles. The molecule has 0 bridgehead atoms. The number of aromatic nitrogens is 3. The van der Waals surface area contributed by atoms with Crippen LogP contribution in [0.1, 0.15) is 37.8 Å². The molecule has 0 aromatic carbocycles. The van der Waals surface area contributed by atoms with Crippen LogP contribution < -0.4 is 5.32 Å². The molecule has 3 rings (SSSR count). The molecule has 1 aliphatic carbocycles. The summed E-state index contributed by atoms with van der Waals surface area (Å²) in [5.74, 6) is 1.53. The maximum Gasteiger partial charge on any atom is 0.225 e. The Balaban J connectivity index is 1.56. The molecule has 2 aromatic heterocycles. The maximum atomic E-state index is 12.1. The van der Waals surface area contributed by atoms with Crippen LogP contribution >= 0.6 is 0 Å². The fourth-order valence-corrected chi connectivity index (χ4v) is 2.53. The summed E-state index contributed by atoms with van der Waals surface area (Å²) >= 11 is 0. The molecule has 110 valence electrons. The van der Waals surface area contributed by atoms with Crippen molar-refractivity contribution in [3.05, 3.63) is 42.4 Å². The minimum Gasteiger partial charge on any atom is -0.311 e. The van der Waals surface area contributed by atoms with Gasteiger partial charge in [0.2, 0.25) is 5.91 Å². The molecule has 2 aromatic rings. The number of hydrogen-bond acceptors (Lipinski definition) is 3. The molecule has 1 atom stereocenters. The summed E-state index contributed by atoms with van der Waals surface area (Å²) in [6, 6.07) is 6.10. The fourth-order valence-electron chi connectivity index (χ4n) is 2.53. The van der Waals surface area contributed by atoms with Crippen LogP contribution in [0, 0.1) is 5.92 Å². The number of aryl methyl sites for hydroxylation is 1. The first-order valence-corrected chi connectivity index (χ1v) is 7.46. The molecule has 5 heteroatoms. The van der Waals surface area contributed by atoms with E-state index in [-0.39, 0.29) is 5.91 Å². The summed E-state index contributed by atoms with van der Waals surface area (Å²) in [7, 11) is 0. The molecular weight excluding hydrogens is 264 g/mol. The second-order valence-electron chi connectivity index (χ2n) is 5.64. The lowest BCUT2D eigenvalue weighted by molar-refractivity contribution is -0.116. The van der Waals surface area contributed by atoms with Gasteiger partial charge in [-0.2, -0.15) is 5.10 Å². The summed E-state index contributed by atoms with van der Waals surface area (Å²) in [4.78, 5) is 16.1. The van der Waals surface area contributed by atoms with Crippen LogP contribution in [0.3, 0.4) is 0 Å². The predicted molar refractivity (Wildman–Crippen MR) is 80.8 cm³/mol. The Kier molecular flexibility index (Phi) is 3.99. The molecule has 1 unspecified atom stereocenters. The molecule has 0 radical (unpaired) electrons. The number of carbonyl (C=O) groups is 1. The zero-order valence-electron chi connectivity index (χ0n) is 12.2. The van der Waals surface area contributed by atoms with Gasteiger partial charge in [0.1, 0.15) is 5.82 Å². The number of anilines is 1. The predicted octanol–water partition coefficient (Wildman–Crippen LogP) is 2.82. The van der Waals surface area contributed by atoms with Gasteiger partial charge in [0.15, 0.2) is 0 Å². The van der Waals surface area contributed by atoms with Crippen molar-refractivity contribution >= 4 is 11.7 Å². The number of amides is 1. The largest absolute Gasteiger partial charge is 0.311 e. The van der Waals surface area contributed by atoms with Crippen molar-refractivity contribution < 1.29 is 4.79 Å². The standard InChI is InChI=1S/C16H20N4O/c1-12(14-3-4-14)20-15(8-11-18-20)19-16(21)5-2-13-6-9-17-10-7-13/h6-12,14H,2-5H2,1H3,(H,19,21). The summed E-state index contributed by atoms with van der Waals surface area (Å²) in [5.41, 5.74) is 1.13. The lowest BCUT2D eigenvalue weighted by atomic mass is 10.1. The lowest BCUT2D eigenvalue weighted by Gasteiger charge is -2.15. The first-order valence-electron chi connectivity index (χ1n) is 7.46. The summed E-state index contributed by atoms with van der Waals surface area (Å²) in [5, 5.41) is 7.31. The summed E-state index contributed by atoms with van der Waals surface area (Å²) in [6.45, 7) is 2.16. The second kappa shape index (κ2) is 6.08. The van der Waals surface area contributed by atoms with Gasteiger partial charge in [0, 0.05) is 24.9 Å². The lowest BCUT2D eigenvalue weighted by Crippen LogP contribution is -2.18. The van der Waals surface area contributed by atoms with E-state index in [1.165, 1.54) is 12.8 Å². The van der Waals surface area contributed by atoms with Crippen molar-refractivity contribution in [2.75, 3.05) is 5.32 Å². The van der Waals surface area contributed by atoms with Crippen LogP contribution in [0.4, 0.5) is 5.82 Å². The average molecular weight is 284 g/mol. The number of hydrogen-bond donors (Lipinski definition) is 1. The molecule has 1 saturated carbocycles. The number of nitrogens with zero attached hydrogens (tertiary/aromatic N) is 3. The zero-order valence-corrected chi connectivity index (χ0v) is 12.2. The second-order valence-corrected chi connectivity index (χ2v) is 5.64. The van der Waals surface area contributed by atoms with Gasteiger partial charge in [-0.25, -0.2) is 4.68 Å². The van der Waals surface area contributed by atoms with Gasteiger partial charge in [-0.1, -0.05) is 0 Å². The van der Waals surface area contributed by atoms with E-state index >= 15 is 0 Å². The number of rotatable bonds is 6. The Morgan fingerprint density at radius 3 is 2.81 bits per heavy atom. The normalized spacial score (nSPS) is 15.7. The third-order valence-corrected chi connectivity index (χ3v) is 4.02. The van der Waals surface area contributed by atoms with E-state index < -0.39 is 0 Å². The Labute approximate surface area is 124 Å². The first-order chi connectivity index (χ1) is 10.2. The molecular formula is C16H20N4O. The highest BCUT2D eigenvalue weighted by atomic mass is 16.1. The van der Waals surface area contributed by atoms with E-state index in [4.69, 9.17) is 0 Å². The highest BCUT2D eigenvalue weighted by molar-refractivity contribution is 5.89. The monoisotopic (exact) mass is 284 g/mol. The number of nitrogens with one attached hydrogen (secondary N) is 1. The summed E-state index contributed by atoms with van der Waals surface area (Å²) < 4.78 is 1.93. The van der Waals surface area contributed by atoms with E-state index in [0.717, 1.165) is 17.8 Å². The highest BCUT2D eigenvalue weighted by Crippen LogP contribution is 2.40. The summed E-state index contributed by atoms with van der Waals surface area (Å²) in [6.07, 6.45) is 8.96. The van der Waals surface area contributed by atoms with Crippen molar-refractivity contribution in [3.8, 4) is 0 Å². The molecule has 2 heterocycles. The van der Waals surface area contributed by atoms with Crippen LogP contribution in [0.15, 0.2) is 36.8 Å². The highest BCUT2D eigenvalue weighted by Gasteiger charge is 2.30.